The van der Waals surface area contributed by atoms with Crippen LogP contribution in [0.4, 0.5) is 5.69 Å². The van der Waals surface area contributed by atoms with Crippen molar-refractivity contribution in [3.8, 4) is 0 Å². The van der Waals surface area contributed by atoms with Crippen LogP contribution in [0.5, 0.6) is 0 Å². The largest absolute Gasteiger partial charge is 0.293 e. The minimum absolute atomic E-state index is 0.101. The van der Waals surface area contributed by atoms with Gasteiger partial charge in [-0.05, 0) is 40.5 Å². The maximum atomic E-state index is 11.8. The second-order valence-corrected chi connectivity index (χ2v) is 4.43. The molecule has 0 saturated carbocycles. The summed E-state index contributed by atoms with van der Waals surface area (Å²) >= 11 is 3.41. The quantitative estimate of drug-likeness (QED) is 0.696. The Morgan fingerprint density at radius 1 is 1.43 bits per heavy atom. The molecule has 0 fully saturated rings. The Balaban J connectivity index is 2.68. The van der Waals surface area contributed by atoms with Gasteiger partial charge in [0.15, 0.2) is 5.78 Å². The predicted octanol–water partition coefficient (Wildman–Crippen LogP) is 3.29. The van der Waals surface area contributed by atoms with Gasteiger partial charge in [0.25, 0.3) is 0 Å². The number of aryl methyl sites for hydroxylation is 1. The summed E-state index contributed by atoms with van der Waals surface area (Å²) < 4.78 is 0.893. The van der Waals surface area contributed by atoms with E-state index in [1.165, 1.54) is 0 Å². The summed E-state index contributed by atoms with van der Waals surface area (Å²) in [5, 5.41) is 0. The molecule has 14 heavy (non-hydrogen) atoms. The SMILES string of the molecule is Cc1cc(Br)c2c(c1)C(=O)C(C)C=N2. The Hall–Kier alpha value is -0.960. The summed E-state index contributed by atoms with van der Waals surface area (Å²) in [6.07, 6.45) is 1.70. The lowest BCUT2D eigenvalue weighted by Gasteiger charge is -2.15. The number of hydrogen-bond donors (Lipinski definition) is 0. The van der Waals surface area contributed by atoms with E-state index in [0.29, 0.717) is 0 Å². The van der Waals surface area contributed by atoms with Crippen LogP contribution in [0.2, 0.25) is 0 Å². The highest BCUT2D eigenvalue weighted by Crippen LogP contribution is 2.34. The first-order valence-corrected chi connectivity index (χ1v) is 5.27. The Morgan fingerprint density at radius 2 is 2.14 bits per heavy atom. The van der Waals surface area contributed by atoms with Gasteiger partial charge >= 0.3 is 0 Å². The molecule has 0 amide bonds. The maximum Gasteiger partial charge on any atom is 0.173 e. The molecule has 1 atom stereocenters. The molecule has 0 spiro atoms. The number of carbonyl (C=O) groups excluding carboxylic acids is 1. The van der Waals surface area contributed by atoms with Crippen LogP contribution < -0.4 is 0 Å². The lowest BCUT2D eigenvalue weighted by atomic mass is 9.95. The third kappa shape index (κ3) is 1.42. The van der Waals surface area contributed by atoms with Gasteiger partial charge in [0.2, 0.25) is 0 Å². The zero-order chi connectivity index (χ0) is 10.3. The van der Waals surface area contributed by atoms with Gasteiger partial charge < -0.3 is 0 Å². The van der Waals surface area contributed by atoms with E-state index in [0.717, 1.165) is 21.3 Å². The van der Waals surface area contributed by atoms with E-state index in [1.54, 1.807) is 6.21 Å². The van der Waals surface area contributed by atoms with Crippen molar-refractivity contribution in [3.63, 3.8) is 0 Å². The van der Waals surface area contributed by atoms with Crippen LogP contribution in [-0.4, -0.2) is 12.0 Å². The van der Waals surface area contributed by atoms with E-state index in [-0.39, 0.29) is 11.7 Å². The molecule has 0 aliphatic carbocycles. The highest BCUT2D eigenvalue weighted by Gasteiger charge is 2.22. The molecule has 1 aliphatic rings. The van der Waals surface area contributed by atoms with Crippen LogP contribution in [0.3, 0.4) is 0 Å². The lowest BCUT2D eigenvalue weighted by molar-refractivity contribution is 0.0962. The first-order chi connectivity index (χ1) is 6.59. The zero-order valence-electron chi connectivity index (χ0n) is 8.04. The summed E-state index contributed by atoms with van der Waals surface area (Å²) in [5.41, 5.74) is 2.57. The van der Waals surface area contributed by atoms with Crippen LogP contribution in [0, 0.1) is 12.8 Å². The molecule has 1 aliphatic heterocycles. The Kier molecular flexibility index (Phi) is 2.27. The third-order valence-corrected chi connectivity index (χ3v) is 2.92. The number of hydrogen-bond acceptors (Lipinski definition) is 2. The van der Waals surface area contributed by atoms with Crippen LogP contribution in [-0.2, 0) is 0 Å². The number of fused-ring (bicyclic) bond motifs is 1. The minimum Gasteiger partial charge on any atom is -0.293 e. The van der Waals surface area contributed by atoms with Crippen LogP contribution >= 0.6 is 15.9 Å². The fraction of sp³-hybridized carbons (Fsp3) is 0.273. The maximum absolute atomic E-state index is 11.8. The van der Waals surface area contributed by atoms with Crippen molar-refractivity contribution >= 4 is 33.6 Å². The molecule has 1 aromatic rings. The van der Waals surface area contributed by atoms with Crippen molar-refractivity contribution < 1.29 is 4.79 Å². The Morgan fingerprint density at radius 3 is 2.86 bits per heavy atom. The summed E-state index contributed by atoms with van der Waals surface area (Å²) in [7, 11) is 0. The van der Waals surface area contributed by atoms with Gasteiger partial charge in [0, 0.05) is 16.3 Å². The zero-order valence-corrected chi connectivity index (χ0v) is 9.63. The second-order valence-electron chi connectivity index (χ2n) is 3.57. The van der Waals surface area contributed by atoms with E-state index < -0.39 is 0 Å². The van der Waals surface area contributed by atoms with Crippen molar-refractivity contribution in [2.45, 2.75) is 13.8 Å². The molecule has 1 heterocycles. The predicted molar refractivity (Wildman–Crippen MR) is 60.5 cm³/mol. The summed E-state index contributed by atoms with van der Waals surface area (Å²) in [6.45, 7) is 3.84. The van der Waals surface area contributed by atoms with Crippen molar-refractivity contribution in [2.24, 2.45) is 10.9 Å². The molecule has 3 heteroatoms. The highest BCUT2D eigenvalue weighted by molar-refractivity contribution is 9.10. The van der Waals surface area contributed by atoms with Crippen molar-refractivity contribution in [1.29, 1.82) is 0 Å². The van der Waals surface area contributed by atoms with Gasteiger partial charge in [0.05, 0.1) is 11.6 Å². The summed E-state index contributed by atoms with van der Waals surface area (Å²) in [6, 6.07) is 3.87. The number of carbonyl (C=O) groups is 1. The first-order valence-electron chi connectivity index (χ1n) is 4.48. The summed E-state index contributed by atoms with van der Waals surface area (Å²) in [4.78, 5) is 16.1. The number of benzene rings is 1. The van der Waals surface area contributed by atoms with Crippen molar-refractivity contribution in [3.05, 3.63) is 27.7 Å². The molecule has 0 radical (unpaired) electrons. The van der Waals surface area contributed by atoms with Gasteiger partial charge in [0.1, 0.15) is 0 Å². The van der Waals surface area contributed by atoms with Crippen LogP contribution in [0.15, 0.2) is 21.6 Å². The van der Waals surface area contributed by atoms with E-state index in [1.807, 2.05) is 26.0 Å². The number of ketones is 1. The molecular formula is C11H10BrNO. The Labute approximate surface area is 91.2 Å². The summed E-state index contributed by atoms with van der Waals surface area (Å²) in [5.74, 6) is 0.0515. The molecule has 72 valence electrons. The van der Waals surface area contributed by atoms with Crippen LogP contribution in [0.1, 0.15) is 22.8 Å². The van der Waals surface area contributed by atoms with Gasteiger partial charge in [-0.1, -0.05) is 6.92 Å². The average Bonchev–Trinajstić information content (AvgIpc) is 2.12. The number of halogens is 1. The number of rotatable bonds is 0. The Bertz CT molecular complexity index is 437. The van der Waals surface area contributed by atoms with Crippen molar-refractivity contribution in [1.82, 2.24) is 0 Å². The highest BCUT2D eigenvalue weighted by atomic mass is 79.9. The molecule has 0 saturated heterocycles. The van der Waals surface area contributed by atoms with E-state index in [9.17, 15) is 4.79 Å². The van der Waals surface area contributed by atoms with Crippen LogP contribution in [0.25, 0.3) is 0 Å². The van der Waals surface area contributed by atoms with E-state index >= 15 is 0 Å². The lowest BCUT2D eigenvalue weighted by Crippen LogP contribution is -2.16. The topological polar surface area (TPSA) is 29.4 Å². The first kappa shape index (κ1) is 9.59. The normalized spacial score (nSPS) is 19.6. The fourth-order valence-electron chi connectivity index (χ4n) is 1.55. The molecule has 0 bridgehead atoms. The second kappa shape index (κ2) is 3.31. The molecule has 0 N–H and O–H groups in total. The number of Topliss-reactive ketones (excluding diaryl/α,β-unsaturated/α-hetero) is 1. The number of aliphatic imine (C=N–C) groups is 1. The average molecular weight is 252 g/mol. The molecule has 1 aromatic carbocycles. The molecule has 0 aromatic heterocycles. The number of nitrogens with zero attached hydrogens (tertiary/aromatic N) is 1. The van der Waals surface area contributed by atoms with Gasteiger partial charge in [-0.3, -0.25) is 9.79 Å². The minimum atomic E-state index is -0.101. The smallest absolute Gasteiger partial charge is 0.173 e. The fourth-order valence-corrected chi connectivity index (χ4v) is 2.23. The molecule has 2 rings (SSSR count). The third-order valence-electron chi connectivity index (χ3n) is 2.31. The van der Waals surface area contributed by atoms with Gasteiger partial charge in [-0.25, -0.2) is 0 Å². The van der Waals surface area contributed by atoms with E-state index in [2.05, 4.69) is 20.9 Å². The standard InChI is InChI=1S/C11H10BrNO/c1-6-3-8-10(9(12)4-6)13-5-7(2)11(8)14/h3-5,7H,1-2H3. The molecular weight excluding hydrogens is 242 g/mol. The van der Waals surface area contributed by atoms with Gasteiger partial charge in [-0.15, -0.1) is 0 Å². The monoisotopic (exact) mass is 251 g/mol. The van der Waals surface area contributed by atoms with E-state index in [4.69, 9.17) is 0 Å². The molecule has 2 nitrogen and oxygen atoms in total. The molecule has 1 unspecified atom stereocenters. The van der Waals surface area contributed by atoms with Gasteiger partial charge in [-0.2, -0.15) is 0 Å². The van der Waals surface area contributed by atoms with Crippen molar-refractivity contribution in [2.75, 3.05) is 0 Å².